The van der Waals surface area contributed by atoms with E-state index in [1.54, 1.807) is 17.7 Å². The zero-order valence-electron chi connectivity index (χ0n) is 10.5. The van der Waals surface area contributed by atoms with Crippen LogP contribution in [0.3, 0.4) is 0 Å². The first-order chi connectivity index (χ1) is 9.11. The number of nitrogens with one attached hydrogen (secondary N) is 1. The predicted octanol–water partition coefficient (Wildman–Crippen LogP) is 2.25. The van der Waals surface area contributed by atoms with E-state index in [0.29, 0.717) is 5.69 Å². The number of aliphatic hydroxyl groups is 1. The smallest absolute Gasteiger partial charge is 0.268 e. The van der Waals surface area contributed by atoms with E-state index in [0.717, 1.165) is 10.0 Å². The Hall–Kier alpha value is -1.59. The Morgan fingerprint density at radius 2 is 2.11 bits per heavy atom. The molecule has 1 aromatic heterocycles. The third kappa shape index (κ3) is 3.24. The molecular formula is C14H15BrN2O2. The van der Waals surface area contributed by atoms with E-state index in [4.69, 9.17) is 0 Å². The molecule has 1 atom stereocenters. The molecule has 4 nitrogen and oxygen atoms in total. The zero-order chi connectivity index (χ0) is 13.8. The Balaban J connectivity index is 2.15. The second kappa shape index (κ2) is 6.04. The summed E-state index contributed by atoms with van der Waals surface area (Å²) in [4.78, 5) is 12.2. The van der Waals surface area contributed by atoms with E-state index < -0.39 is 6.04 Å². The van der Waals surface area contributed by atoms with Crippen molar-refractivity contribution in [3.8, 4) is 0 Å². The van der Waals surface area contributed by atoms with Gasteiger partial charge in [-0.15, -0.1) is 0 Å². The lowest BCUT2D eigenvalue weighted by atomic mass is 10.1. The van der Waals surface area contributed by atoms with Gasteiger partial charge in [-0.1, -0.05) is 30.3 Å². The van der Waals surface area contributed by atoms with Gasteiger partial charge >= 0.3 is 0 Å². The second-order valence-corrected chi connectivity index (χ2v) is 5.19. The van der Waals surface area contributed by atoms with Gasteiger partial charge in [0.1, 0.15) is 5.69 Å². The minimum atomic E-state index is -0.401. The Morgan fingerprint density at radius 3 is 2.63 bits per heavy atom. The van der Waals surface area contributed by atoms with Crippen LogP contribution in [0.15, 0.2) is 47.1 Å². The minimum absolute atomic E-state index is 0.138. The van der Waals surface area contributed by atoms with E-state index in [1.165, 1.54) is 0 Å². The molecule has 0 bridgehead atoms. The summed E-state index contributed by atoms with van der Waals surface area (Å²) in [5.74, 6) is -0.212. The number of aryl methyl sites for hydroxylation is 1. The highest BCUT2D eigenvalue weighted by Crippen LogP contribution is 2.16. The topological polar surface area (TPSA) is 54.3 Å². The van der Waals surface area contributed by atoms with E-state index in [1.807, 2.05) is 36.5 Å². The van der Waals surface area contributed by atoms with E-state index in [9.17, 15) is 9.90 Å². The maximum absolute atomic E-state index is 12.2. The van der Waals surface area contributed by atoms with Crippen LogP contribution < -0.4 is 5.32 Å². The SMILES string of the molecule is Cn1cc(Br)cc1C(=O)N[C@@H](CO)c1ccccc1. The summed E-state index contributed by atoms with van der Waals surface area (Å²) in [5.41, 5.74) is 1.42. The average molecular weight is 323 g/mol. The fourth-order valence-corrected chi connectivity index (χ4v) is 2.43. The van der Waals surface area contributed by atoms with Gasteiger partial charge in [0.25, 0.3) is 5.91 Å². The molecule has 0 radical (unpaired) electrons. The maximum Gasteiger partial charge on any atom is 0.268 e. The molecule has 100 valence electrons. The number of aromatic nitrogens is 1. The molecule has 5 heteroatoms. The largest absolute Gasteiger partial charge is 0.394 e. The number of benzene rings is 1. The molecule has 0 unspecified atom stereocenters. The molecular weight excluding hydrogens is 308 g/mol. The summed E-state index contributed by atoms with van der Waals surface area (Å²) in [5, 5.41) is 12.2. The summed E-state index contributed by atoms with van der Waals surface area (Å²) >= 11 is 3.33. The average Bonchev–Trinajstić information content (AvgIpc) is 2.76. The molecule has 0 saturated heterocycles. The van der Waals surface area contributed by atoms with Gasteiger partial charge < -0.3 is 15.0 Å². The molecule has 0 spiro atoms. The van der Waals surface area contributed by atoms with Gasteiger partial charge in [0.15, 0.2) is 0 Å². The van der Waals surface area contributed by atoms with Crippen molar-refractivity contribution in [3.05, 3.63) is 58.3 Å². The van der Waals surface area contributed by atoms with Crippen molar-refractivity contribution < 1.29 is 9.90 Å². The fraction of sp³-hybridized carbons (Fsp3) is 0.214. The number of rotatable bonds is 4. The van der Waals surface area contributed by atoms with Crippen molar-refractivity contribution in [1.82, 2.24) is 9.88 Å². The zero-order valence-corrected chi connectivity index (χ0v) is 12.1. The van der Waals surface area contributed by atoms with Crippen molar-refractivity contribution in [3.63, 3.8) is 0 Å². The van der Waals surface area contributed by atoms with Crippen LogP contribution in [0.25, 0.3) is 0 Å². The number of halogens is 1. The highest BCUT2D eigenvalue weighted by Gasteiger charge is 2.17. The highest BCUT2D eigenvalue weighted by molar-refractivity contribution is 9.10. The number of amides is 1. The first-order valence-electron chi connectivity index (χ1n) is 5.90. The van der Waals surface area contributed by atoms with Gasteiger partial charge in [-0.2, -0.15) is 0 Å². The Kier molecular flexibility index (Phi) is 4.39. The van der Waals surface area contributed by atoms with Gasteiger partial charge in [-0.3, -0.25) is 4.79 Å². The number of aliphatic hydroxyl groups excluding tert-OH is 1. The van der Waals surface area contributed by atoms with Gasteiger partial charge in [0.2, 0.25) is 0 Å². The van der Waals surface area contributed by atoms with Crippen molar-refractivity contribution in [2.24, 2.45) is 7.05 Å². The summed E-state index contributed by atoms with van der Waals surface area (Å²) in [6.07, 6.45) is 1.81. The maximum atomic E-state index is 12.2. The number of hydrogen-bond donors (Lipinski definition) is 2. The molecule has 0 aliphatic carbocycles. The lowest BCUT2D eigenvalue weighted by Gasteiger charge is -2.16. The lowest BCUT2D eigenvalue weighted by molar-refractivity contribution is 0.0908. The molecule has 0 fully saturated rings. The molecule has 1 aromatic carbocycles. The Bertz CT molecular complexity index is 566. The third-order valence-electron chi connectivity index (χ3n) is 2.89. The standard InChI is InChI=1S/C14H15BrN2O2/c1-17-8-11(15)7-13(17)14(19)16-12(9-18)10-5-3-2-4-6-10/h2-8,12,18H,9H2,1H3,(H,16,19)/t12-/m0/s1. The molecule has 2 N–H and O–H groups in total. The van der Waals surface area contributed by atoms with Crippen molar-refractivity contribution in [2.75, 3.05) is 6.61 Å². The first-order valence-corrected chi connectivity index (χ1v) is 6.69. The number of nitrogens with zero attached hydrogens (tertiary/aromatic N) is 1. The molecule has 1 amide bonds. The predicted molar refractivity (Wildman–Crippen MR) is 76.8 cm³/mol. The third-order valence-corrected chi connectivity index (χ3v) is 3.33. The van der Waals surface area contributed by atoms with Crippen LogP contribution >= 0.6 is 15.9 Å². The van der Waals surface area contributed by atoms with Crippen LogP contribution in [-0.4, -0.2) is 22.2 Å². The van der Waals surface area contributed by atoms with Crippen LogP contribution in [0.5, 0.6) is 0 Å². The summed E-state index contributed by atoms with van der Waals surface area (Å²) in [6.45, 7) is -0.138. The van der Waals surface area contributed by atoms with E-state index >= 15 is 0 Å². The van der Waals surface area contributed by atoms with Gasteiger partial charge in [-0.05, 0) is 27.6 Å². The van der Waals surface area contributed by atoms with Crippen LogP contribution in [0.1, 0.15) is 22.1 Å². The minimum Gasteiger partial charge on any atom is -0.394 e. The van der Waals surface area contributed by atoms with Crippen LogP contribution in [0.4, 0.5) is 0 Å². The van der Waals surface area contributed by atoms with E-state index in [2.05, 4.69) is 21.2 Å². The quantitative estimate of drug-likeness (QED) is 0.907. The van der Waals surface area contributed by atoms with E-state index in [-0.39, 0.29) is 12.5 Å². The van der Waals surface area contributed by atoms with Crippen LogP contribution in [0.2, 0.25) is 0 Å². The van der Waals surface area contributed by atoms with Crippen molar-refractivity contribution in [1.29, 1.82) is 0 Å². The van der Waals surface area contributed by atoms with Gasteiger partial charge in [0.05, 0.1) is 12.6 Å². The molecule has 0 saturated carbocycles. The monoisotopic (exact) mass is 322 g/mol. The Labute approximate surface area is 120 Å². The summed E-state index contributed by atoms with van der Waals surface area (Å²) in [7, 11) is 1.80. The van der Waals surface area contributed by atoms with Gasteiger partial charge in [-0.25, -0.2) is 0 Å². The lowest BCUT2D eigenvalue weighted by Crippen LogP contribution is -2.31. The molecule has 19 heavy (non-hydrogen) atoms. The van der Waals surface area contributed by atoms with Crippen LogP contribution in [0, 0.1) is 0 Å². The normalized spacial score (nSPS) is 12.2. The number of carbonyl (C=O) groups is 1. The molecule has 2 aromatic rings. The number of carbonyl (C=O) groups excluding carboxylic acids is 1. The summed E-state index contributed by atoms with van der Waals surface area (Å²) < 4.78 is 2.58. The second-order valence-electron chi connectivity index (χ2n) is 4.27. The van der Waals surface area contributed by atoms with Crippen molar-refractivity contribution >= 4 is 21.8 Å². The molecule has 0 aliphatic rings. The van der Waals surface area contributed by atoms with Crippen LogP contribution in [-0.2, 0) is 7.05 Å². The first kappa shape index (κ1) is 13.8. The van der Waals surface area contributed by atoms with Crippen molar-refractivity contribution in [2.45, 2.75) is 6.04 Å². The highest BCUT2D eigenvalue weighted by atomic mass is 79.9. The molecule has 1 heterocycles. The molecule has 0 aliphatic heterocycles. The fourth-order valence-electron chi connectivity index (χ4n) is 1.90. The summed E-state index contributed by atoms with van der Waals surface area (Å²) in [6, 6.07) is 10.8. The molecule has 2 rings (SSSR count). The number of hydrogen-bond acceptors (Lipinski definition) is 2. The Morgan fingerprint density at radius 1 is 1.42 bits per heavy atom. The van der Waals surface area contributed by atoms with Gasteiger partial charge in [0, 0.05) is 17.7 Å².